The minimum atomic E-state index is -1.47. The minimum Gasteiger partial charge on any atom is -0.447 e. The van der Waals surface area contributed by atoms with Crippen molar-refractivity contribution in [1.29, 1.82) is 0 Å². The highest BCUT2D eigenvalue weighted by molar-refractivity contribution is 5.89. The fourth-order valence-electron chi connectivity index (χ4n) is 13.3. The maximum atomic E-state index is 13.2. The highest BCUT2D eigenvalue weighted by Crippen LogP contribution is 2.41. The Bertz CT molecular complexity index is 5540. The molecule has 0 aromatic carbocycles. The van der Waals surface area contributed by atoms with Crippen LogP contribution in [0.2, 0.25) is 0 Å². The summed E-state index contributed by atoms with van der Waals surface area (Å²) >= 11 is 0. The van der Waals surface area contributed by atoms with E-state index in [0.717, 1.165) is 89.9 Å². The van der Waals surface area contributed by atoms with Crippen molar-refractivity contribution in [2.45, 2.75) is 347 Å². The standard InChI is InChI=1S/C58H58O8.C56H54O10.48H2/c1-9-11-13-15-17-19-21-23-24-25-26-27-28-29-30-31-32-33-35-37-39-41-43-45-53(59)62-51(46-60-56-49(4)48(3)54-52(63-56)47-61-57(5,6)65-54)55-50(64-58(7,8)66-55)44-42-40-38-36-34-22-20-18-16-14-12-10-2;1-7-9-11-13-15-17-19-21-22-23-24-25-26-27-28-29-30-31-33-35-37-39-41-43-49(57)62-47(44-60-54-51(59)50(58)53-48(63-54)45-61-55(3,4)66-53)52-46(64-56(5,6)65-52)42-40-38-36-34-32-20-18-16-14-12-10-8-2;;;;;;;;;;;;;;;;;;;;;;;;;;;;;;;;;;;;;;;;;;;;;;;;/h48-52,54-56H,10,12,14,16,18,34,36,38,40,42,44,46-47H2,1-8H3;46-48,50-54,58-59H,8,10,12,14,16,32,34,36,38,40,42,44-45H2,1-6H3;48*1H/t48?,49?,50-,51+,52?,54?,55-,56?;46-,47+,48?,50?,51?,52-,53?,54?;;;;;;;;;;;;;;;;;;;;;;;;;;;;;;;;;;;;;;;;;;;;;;;;/m11................................................/s1. The third-order valence-electron chi connectivity index (χ3n) is 19.5. The molecule has 0 spiro atoms. The minimum absolute atomic E-state index is 0. The van der Waals surface area contributed by atoms with Crippen molar-refractivity contribution in [3.05, 3.63) is 0 Å². The van der Waals surface area contributed by atoms with E-state index in [1.54, 1.807) is 41.5 Å². The molecule has 6 aliphatic heterocycles. The predicted molar refractivity (Wildman–Crippen MR) is 605 cm³/mol. The Labute approximate surface area is 858 Å². The van der Waals surface area contributed by atoms with E-state index in [9.17, 15) is 19.8 Å². The Morgan fingerprint density at radius 3 is 0.939 bits per heavy atom. The maximum absolute atomic E-state index is 13.2. The summed E-state index contributed by atoms with van der Waals surface area (Å²) < 4.78 is 85.6. The maximum Gasteiger partial charge on any atom is 0.385 e. The first kappa shape index (κ1) is 109. The van der Waals surface area contributed by atoms with Crippen LogP contribution in [0.4, 0.5) is 0 Å². The van der Waals surface area contributed by atoms with Gasteiger partial charge in [0.25, 0.3) is 0 Å². The molecule has 6 rings (SSSR count). The van der Waals surface area contributed by atoms with Gasteiger partial charge in [0, 0.05) is 183 Å². The molecule has 16 atom stereocenters. The number of ether oxygens (including phenoxy) is 14. The summed E-state index contributed by atoms with van der Waals surface area (Å²) in [6, 6.07) is 0. The van der Waals surface area contributed by atoms with Gasteiger partial charge < -0.3 is 76.5 Å². The van der Waals surface area contributed by atoms with Crippen molar-refractivity contribution < 1.29 is 155 Å². The van der Waals surface area contributed by atoms with Gasteiger partial charge in [0.1, 0.15) is 42.7 Å². The van der Waals surface area contributed by atoms with Crippen molar-refractivity contribution in [1.82, 2.24) is 0 Å². The van der Waals surface area contributed by atoms with Crippen LogP contribution in [0.15, 0.2) is 0 Å². The number of aliphatic hydroxyl groups excluding tert-OH is 2. The number of carbonyl (C=O) groups is 2. The SMILES string of the molecule is CC#CC#CC#CC#CC#CC#CC#CC#CC#CC#CC#CC#CC(=O)O[C@@H](COC1OC2COC(C)(C)OC2C(C)C1C)[C@@H]1OC(C)(C)O[C@@H]1CCCCCCC#CCCCCCC.CC#CC#CC#CC#CC#CC#CC#CC#CC#CC#CC#CC#CC(=O)O[C@@H](COC1OC2COC(C)(C)OC2C(O)C1O)[C@@H]1OC(C)(C)O[C@@H]1CCCCCCC#CCCCCCC.[HH].[HH].[HH].[HH].[HH].[HH].[HH].[HH].[HH].[HH].[HH].[HH].[HH].[HH].[HH].[HH].[HH].[HH].[HH].[HH].[HH].[HH].[HH].[HH].[HH].[HH].[HH].[HH].[HH].[HH].[HH].[HH].[HH].[HH].[HH].[HH].[HH].[HH].[HH].[HH].[HH].[HH].[HH].[HH].[HH].[HH].[HH].[HH]. The number of hydrogen-bond acceptors (Lipinski definition) is 18. The van der Waals surface area contributed by atoms with E-state index >= 15 is 0 Å². The molecule has 0 amide bonds. The van der Waals surface area contributed by atoms with Gasteiger partial charge in [-0.1, -0.05) is 117 Å². The zero-order chi connectivity index (χ0) is 95.4. The quantitative estimate of drug-likeness (QED) is 0.0297. The Morgan fingerprint density at radius 2 is 0.614 bits per heavy atom. The zero-order valence-electron chi connectivity index (χ0n) is 78.0. The molecule has 10 unspecified atom stereocenters. The van der Waals surface area contributed by atoms with Crippen molar-refractivity contribution in [2.75, 3.05) is 26.4 Å². The average molecular weight is 1870 g/mol. The summed E-state index contributed by atoms with van der Waals surface area (Å²) in [5, 5.41) is 21.9. The summed E-state index contributed by atoms with van der Waals surface area (Å²) in [5.74, 6) is 129. The molecule has 6 aliphatic rings. The normalized spacial score (nSPS) is 22.1. The van der Waals surface area contributed by atoms with Crippen LogP contribution in [0.25, 0.3) is 0 Å². The van der Waals surface area contributed by atoms with Gasteiger partial charge >= 0.3 is 11.9 Å². The Hall–Kier alpha value is -13.1. The van der Waals surface area contributed by atoms with Crippen LogP contribution in [0, 0.1) is 320 Å². The van der Waals surface area contributed by atoms with E-state index in [4.69, 9.17) is 66.3 Å². The highest BCUT2D eigenvalue weighted by atomic mass is 16.8. The summed E-state index contributed by atoms with van der Waals surface area (Å²) in [7, 11) is 0. The number of unbranched alkanes of at least 4 members (excludes halogenated alkanes) is 16. The molecule has 6 fully saturated rings. The van der Waals surface area contributed by atoms with Crippen LogP contribution in [-0.2, 0) is 75.9 Å². The lowest BCUT2D eigenvalue weighted by Crippen LogP contribution is -2.65. The Balaban J connectivity index is -0.0000000386. The number of carbonyl (C=O) groups excluding carboxylic acids is 2. The number of aliphatic hydroxyl groups is 2. The van der Waals surface area contributed by atoms with E-state index in [2.05, 4.69) is 336 Å². The second-order valence-electron chi connectivity index (χ2n) is 31.7. The predicted octanol–water partition coefficient (Wildman–Crippen LogP) is 23.2. The number of rotatable bonds is 30. The van der Waals surface area contributed by atoms with E-state index in [-0.39, 0.29) is 118 Å². The molecule has 132 heavy (non-hydrogen) atoms. The largest absolute Gasteiger partial charge is 0.447 e. The third-order valence-corrected chi connectivity index (χ3v) is 19.5. The smallest absolute Gasteiger partial charge is 0.385 e. The number of hydrogen-bond donors (Lipinski definition) is 2. The van der Waals surface area contributed by atoms with Crippen LogP contribution >= 0.6 is 0 Å². The van der Waals surface area contributed by atoms with Crippen LogP contribution in [0.3, 0.4) is 0 Å². The molecule has 0 aromatic heterocycles. The molecule has 772 valence electrons. The second kappa shape index (κ2) is 65.5. The lowest BCUT2D eigenvalue weighted by molar-refractivity contribution is -0.383. The molecule has 18 heteroatoms. The molecule has 0 aromatic rings. The summed E-state index contributed by atoms with van der Waals surface area (Å²) in [6.45, 7) is 26.7. The zero-order valence-corrected chi connectivity index (χ0v) is 78.0. The lowest BCUT2D eigenvalue weighted by atomic mass is 9.84. The summed E-state index contributed by atoms with van der Waals surface area (Å²) in [5.41, 5.74) is 0. The Morgan fingerprint density at radius 1 is 0.333 bits per heavy atom. The molecule has 6 heterocycles. The Kier molecular flexibility index (Phi) is 54.3. The summed E-state index contributed by atoms with van der Waals surface area (Å²) in [4.78, 5) is 26.3. The van der Waals surface area contributed by atoms with Gasteiger partial charge in [0.15, 0.2) is 47.9 Å². The van der Waals surface area contributed by atoms with E-state index in [1.807, 2.05) is 27.7 Å². The molecule has 0 bridgehead atoms. The average Bonchev–Trinajstić information content (AvgIpc) is 0.892. The van der Waals surface area contributed by atoms with Crippen LogP contribution in [-0.4, -0.2) is 158 Å². The summed E-state index contributed by atoms with van der Waals surface area (Å²) in [6.07, 6.45) is 12.0. The topological polar surface area (TPSA) is 204 Å². The first-order valence-electron chi connectivity index (χ1n) is 44.4. The van der Waals surface area contributed by atoms with Gasteiger partial charge in [-0.2, -0.15) is 0 Å². The van der Waals surface area contributed by atoms with Crippen molar-refractivity contribution in [3.8, 4) is 308 Å². The van der Waals surface area contributed by atoms with Crippen LogP contribution < -0.4 is 0 Å². The lowest BCUT2D eigenvalue weighted by Gasteiger charge is -2.50. The van der Waals surface area contributed by atoms with Gasteiger partial charge in [-0.3, -0.25) is 0 Å². The molecular formula is C114H208O18. The van der Waals surface area contributed by atoms with Crippen LogP contribution in [0.5, 0.6) is 0 Å². The molecule has 0 aliphatic carbocycles. The molecule has 18 nitrogen and oxygen atoms in total. The first-order valence-corrected chi connectivity index (χ1v) is 44.4. The fourth-order valence-corrected chi connectivity index (χ4v) is 13.3. The highest BCUT2D eigenvalue weighted by Gasteiger charge is 2.54. The van der Waals surface area contributed by atoms with Crippen LogP contribution in [0.1, 0.15) is 307 Å². The first-order chi connectivity index (χ1) is 63.9. The molecule has 0 saturated carbocycles. The van der Waals surface area contributed by atoms with Crippen molar-refractivity contribution >= 4 is 11.9 Å². The van der Waals surface area contributed by atoms with Gasteiger partial charge in [0.2, 0.25) is 0 Å². The van der Waals surface area contributed by atoms with E-state index in [1.165, 1.54) is 44.9 Å². The van der Waals surface area contributed by atoms with Gasteiger partial charge in [-0.05, 0) is 303 Å². The van der Waals surface area contributed by atoms with Crippen molar-refractivity contribution in [2.24, 2.45) is 11.8 Å². The van der Waals surface area contributed by atoms with Gasteiger partial charge in [-0.25, -0.2) is 9.59 Å². The van der Waals surface area contributed by atoms with E-state index in [0.29, 0.717) is 13.0 Å². The molecule has 6 saturated heterocycles. The monoisotopic (exact) mass is 1870 g/mol. The fraction of sp³-hybridized carbons (Fsp3) is 0.526. The molecular weight excluding hydrogens is 1660 g/mol. The van der Waals surface area contributed by atoms with Gasteiger partial charge in [0.05, 0.1) is 44.7 Å². The number of esters is 2. The van der Waals surface area contributed by atoms with E-state index < -0.39 is 103 Å². The van der Waals surface area contributed by atoms with Gasteiger partial charge in [-0.15, -0.1) is 23.7 Å². The van der Waals surface area contributed by atoms with Crippen molar-refractivity contribution in [3.63, 3.8) is 0 Å². The second-order valence-corrected chi connectivity index (χ2v) is 31.7. The third kappa shape index (κ3) is 48.0. The molecule has 0 radical (unpaired) electrons. The molecule has 2 N–H and O–H groups in total. The number of fused-ring (bicyclic) bond motifs is 2.